The van der Waals surface area contributed by atoms with Crippen molar-refractivity contribution in [2.45, 2.75) is 33.1 Å². The van der Waals surface area contributed by atoms with Crippen LogP contribution in [-0.2, 0) is 9.53 Å². The van der Waals surface area contributed by atoms with Crippen molar-refractivity contribution in [2.75, 3.05) is 7.11 Å². The monoisotopic (exact) mass is 196 g/mol. The molecule has 1 aromatic rings. The van der Waals surface area contributed by atoms with Crippen LogP contribution in [0.5, 0.6) is 0 Å². The van der Waals surface area contributed by atoms with E-state index in [9.17, 15) is 4.79 Å². The number of aromatic amines is 1. The summed E-state index contributed by atoms with van der Waals surface area (Å²) in [5.41, 5.74) is 1.93. The SMILES string of the molecule is CCC(C(=O)OC)c1nc(C)c(C)[nH]1. The van der Waals surface area contributed by atoms with Gasteiger partial charge < -0.3 is 9.72 Å². The topological polar surface area (TPSA) is 55.0 Å². The minimum Gasteiger partial charge on any atom is -0.468 e. The summed E-state index contributed by atoms with van der Waals surface area (Å²) in [6, 6.07) is 0. The third-order valence-corrected chi connectivity index (χ3v) is 2.37. The maximum absolute atomic E-state index is 11.4. The number of nitrogens with one attached hydrogen (secondary N) is 1. The molecule has 0 aliphatic carbocycles. The van der Waals surface area contributed by atoms with Gasteiger partial charge in [0.15, 0.2) is 0 Å². The minimum atomic E-state index is -0.271. The zero-order valence-corrected chi connectivity index (χ0v) is 9.05. The summed E-state index contributed by atoms with van der Waals surface area (Å²) in [6.45, 7) is 5.80. The molecule has 0 saturated heterocycles. The molecule has 1 rings (SSSR count). The van der Waals surface area contributed by atoms with Gasteiger partial charge in [0.25, 0.3) is 0 Å². The van der Waals surface area contributed by atoms with Crippen molar-refractivity contribution in [1.82, 2.24) is 9.97 Å². The number of aryl methyl sites for hydroxylation is 2. The molecule has 0 aromatic carbocycles. The predicted octanol–water partition coefficient (Wildman–Crippen LogP) is 1.69. The Morgan fingerprint density at radius 3 is 2.57 bits per heavy atom. The molecule has 0 aliphatic rings. The van der Waals surface area contributed by atoms with Crippen molar-refractivity contribution >= 4 is 5.97 Å². The van der Waals surface area contributed by atoms with E-state index in [0.717, 1.165) is 11.4 Å². The van der Waals surface area contributed by atoms with Gasteiger partial charge in [-0.25, -0.2) is 4.98 Å². The third-order valence-electron chi connectivity index (χ3n) is 2.37. The molecule has 1 heterocycles. The Bertz CT molecular complexity index is 311. The highest BCUT2D eigenvalue weighted by molar-refractivity contribution is 5.76. The summed E-state index contributed by atoms with van der Waals surface area (Å²) in [5, 5.41) is 0. The van der Waals surface area contributed by atoms with E-state index in [1.807, 2.05) is 20.8 Å². The highest BCUT2D eigenvalue weighted by Crippen LogP contribution is 2.19. The first kappa shape index (κ1) is 10.8. The standard InChI is InChI=1S/C10H16N2O2/c1-5-8(10(13)14-4)9-11-6(2)7(3)12-9/h8H,5H2,1-4H3,(H,11,12). The minimum absolute atomic E-state index is 0.235. The van der Waals surface area contributed by atoms with Crippen molar-refractivity contribution in [3.05, 3.63) is 17.2 Å². The van der Waals surface area contributed by atoms with Gasteiger partial charge >= 0.3 is 5.97 Å². The van der Waals surface area contributed by atoms with Crippen LogP contribution < -0.4 is 0 Å². The number of carbonyl (C=O) groups is 1. The lowest BCUT2D eigenvalue weighted by Gasteiger charge is -2.08. The number of hydrogen-bond acceptors (Lipinski definition) is 3. The molecule has 4 heteroatoms. The first-order chi connectivity index (χ1) is 6.60. The Balaban J connectivity index is 2.95. The molecule has 0 aliphatic heterocycles. The van der Waals surface area contributed by atoms with Crippen molar-refractivity contribution in [3.63, 3.8) is 0 Å². The van der Waals surface area contributed by atoms with Gasteiger partial charge in [-0.15, -0.1) is 0 Å². The number of hydrogen-bond donors (Lipinski definition) is 1. The number of ether oxygens (including phenoxy) is 1. The Kier molecular flexibility index (Phi) is 3.28. The maximum Gasteiger partial charge on any atom is 0.316 e. The van der Waals surface area contributed by atoms with E-state index in [1.165, 1.54) is 7.11 Å². The molecular weight excluding hydrogens is 180 g/mol. The lowest BCUT2D eigenvalue weighted by atomic mass is 10.1. The molecule has 0 saturated carbocycles. The van der Waals surface area contributed by atoms with Gasteiger partial charge in [0.05, 0.1) is 12.8 Å². The van der Waals surface area contributed by atoms with E-state index in [4.69, 9.17) is 4.74 Å². The number of esters is 1. The molecule has 0 radical (unpaired) electrons. The molecule has 0 fully saturated rings. The Hall–Kier alpha value is -1.32. The lowest BCUT2D eigenvalue weighted by molar-refractivity contribution is -0.142. The zero-order chi connectivity index (χ0) is 10.7. The normalized spacial score (nSPS) is 12.6. The van der Waals surface area contributed by atoms with Crippen molar-refractivity contribution in [3.8, 4) is 0 Å². The van der Waals surface area contributed by atoms with E-state index in [-0.39, 0.29) is 11.9 Å². The van der Waals surface area contributed by atoms with Crippen LogP contribution in [0.2, 0.25) is 0 Å². The molecule has 1 atom stereocenters. The van der Waals surface area contributed by atoms with Gasteiger partial charge in [0.2, 0.25) is 0 Å². The predicted molar refractivity (Wildman–Crippen MR) is 53.1 cm³/mol. The van der Waals surface area contributed by atoms with E-state index in [1.54, 1.807) is 0 Å². The molecule has 0 spiro atoms. The second-order valence-corrected chi connectivity index (χ2v) is 3.32. The Labute approximate surface area is 83.7 Å². The van der Waals surface area contributed by atoms with Crippen LogP contribution in [0.1, 0.15) is 36.5 Å². The fraction of sp³-hybridized carbons (Fsp3) is 0.600. The molecule has 1 aromatic heterocycles. The van der Waals surface area contributed by atoms with Crippen molar-refractivity contribution in [2.24, 2.45) is 0 Å². The maximum atomic E-state index is 11.4. The second kappa shape index (κ2) is 4.26. The average Bonchev–Trinajstić information content (AvgIpc) is 2.48. The quantitative estimate of drug-likeness (QED) is 0.748. The summed E-state index contributed by atoms with van der Waals surface area (Å²) in [5.74, 6) is 0.197. The number of methoxy groups -OCH3 is 1. The van der Waals surface area contributed by atoms with E-state index in [0.29, 0.717) is 12.2 Å². The number of rotatable bonds is 3. The van der Waals surface area contributed by atoms with Gasteiger partial charge in [-0.3, -0.25) is 4.79 Å². The van der Waals surface area contributed by atoms with Gasteiger partial charge in [-0.2, -0.15) is 0 Å². The number of imidazole rings is 1. The van der Waals surface area contributed by atoms with Crippen LogP contribution in [-0.4, -0.2) is 23.0 Å². The molecule has 4 nitrogen and oxygen atoms in total. The number of aromatic nitrogens is 2. The molecule has 14 heavy (non-hydrogen) atoms. The van der Waals surface area contributed by atoms with Crippen LogP contribution in [0.3, 0.4) is 0 Å². The van der Waals surface area contributed by atoms with Crippen LogP contribution in [0, 0.1) is 13.8 Å². The molecule has 1 N–H and O–H groups in total. The Morgan fingerprint density at radius 1 is 1.57 bits per heavy atom. The fourth-order valence-corrected chi connectivity index (χ4v) is 1.35. The second-order valence-electron chi connectivity index (χ2n) is 3.32. The molecule has 0 amide bonds. The number of carbonyl (C=O) groups excluding carboxylic acids is 1. The van der Waals surface area contributed by atoms with Gasteiger partial charge in [-0.05, 0) is 20.3 Å². The van der Waals surface area contributed by atoms with Gasteiger partial charge in [0, 0.05) is 5.69 Å². The smallest absolute Gasteiger partial charge is 0.316 e. The highest BCUT2D eigenvalue weighted by Gasteiger charge is 2.22. The molecule has 1 unspecified atom stereocenters. The zero-order valence-electron chi connectivity index (χ0n) is 9.05. The number of nitrogens with zero attached hydrogens (tertiary/aromatic N) is 1. The number of H-pyrrole nitrogens is 1. The molecular formula is C10H16N2O2. The summed E-state index contributed by atoms with van der Waals surface area (Å²) >= 11 is 0. The van der Waals surface area contributed by atoms with Gasteiger partial charge in [-0.1, -0.05) is 6.92 Å². The van der Waals surface area contributed by atoms with Crippen LogP contribution in [0.15, 0.2) is 0 Å². The summed E-state index contributed by atoms with van der Waals surface area (Å²) in [4.78, 5) is 18.8. The molecule has 0 bridgehead atoms. The first-order valence-electron chi connectivity index (χ1n) is 4.71. The Morgan fingerprint density at radius 2 is 2.21 bits per heavy atom. The van der Waals surface area contributed by atoms with Crippen LogP contribution in [0.4, 0.5) is 0 Å². The average molecular weight is 196 g/mol. The van der Waals surface area contributed by atoms with Crippen molar-refractivity contribution < 1.29 is 9.53 Å². The van der Waals surface area contributed by atoms with Crippen molar-refractivity contribution in [1.29, 1.82) is 0 Å². The molecule has 78 valence electrons. The third kappa shape index (κ3) is 1.95. The highest BCUT2D eigenvalue weighted by atomic mass is 16.5. The van der Waals surface area contributed by atoms with E-state index < -0.39 is 0 Å². The van der Waals surface area contributed by atoms with E-state index in [2.05, 4.69) is 9.97 Å². The summed E-state index contributed by atoms with van der Waals surface area (Å²) < 4.78 is 4.71. The van der Waals surface area contributed by atoms with Crippen LogP contribution >= 0.6 is 0 Å². The summed E-state index contributed by atoms with van der Waals surface area (Å²) in [7, 11) is 1.40. The van der Waals surface area contributed by atoms with E-state index >= 15 is 0 Å². The largest absolute Gasteiger partial charge is 0.468 e. The fourth-order valence-electron chi connectivity index (χ4n) is 1.35. The first-order valence-corrected chi connectivity index (χ1v) is 4.71. The summed E-state index contributed by atoms with van der Waals surface area (Å²) in [6.07, 6.45) is 0.694. The van der Waals surface area contributed by atoms with Gasteiger partial charge in [0.1, 0.15) is 11.7 Å². The van der Waals surface area contributed by atoms with Crippen LogP contribution in [0.25, 0.3) is 0 Å². The lowest BCUT2D eigenvalue weighted by Crippen LogP contribution is -2.14.